The summed E-state index contributed by atoms with van der Waals surface area (Å²) < 4.78 is 10.9. The largest absolute Gasteiger partial charge is 0.489 e. The van der Waals surface area contributed by atoms with Gasteiger partial charge in [0.2, 0.25) is 5.91 Å². The van der Waals surface area contributed by atoms with Crippen molar-refractivity contribution in [2.24, 2.45) is 5.73 Å². The van der Waals surface area contributed by atoms with Crippen LogP contribution >= 0.6 is 0 Å². The lowest BCUT2D eigenvalue weighted by Crippen LogP contribution is -2.42. The maximum Gasteiger partial charge on any atom is 0.305 e. The SMILES string of the molecule is COC(=O)CCC(C(N)=O)N1Cc2cccc(OCc3ccc(Cc4nc5ccccc5[nH]4)cc3)c2C1. The molecule has 0 bridgehead atoms. The highest BCUT2D eigenvalue weighted by molar-refractivity contribution is 5.81. The van der Waals surface area contributed by atoms with Crippen molar-refractivity contribution in [2.45, 2.75) is 45.0 Å². The minimum atomic E-state index is -0.543. The van der Waals surface area contributed by atoms with Crippen LogP contribution in [-0.2, 0) is 40.4 Å². The van der Waals surface area contributed by atoms with Gasteiger partial charge in [-0.15, -0.1) is 0 Å². The molecule has 0 radical (unpaired) electrons. The maximum atomic E-state index is 12.1. The van der Waals surface area contributed by atoms with Crippen molar-refractivity contribution in [1.29, 1.82) is 0 Å². The molecule has 0 saturated carbocycles. The summed E-state index contributed by atoms with van der Waals surface area (Å²) in [7, 11) is 1.34. The lowest BCUT2D eigenvalue weighted by Gasteiger charge is -2.24. The summed E-state index contributed by atoms with van der Waals surface area (Å²) in [6.07, 6.45) is 1.20. The van der Waals surface area contributed by atoms with E-state index >= 15 is 0 Å². The number of imidazole rings is 1. The number of nitrogens with one attached hydrogen (secondary N) is 1. The zero-order valence-electron chi connectivity index (χ0n) is 20.8. The predicted molar refractivity (Wildman–Crippen MR) is 140 cm³/mol. The standard InChI is InChI=1S/C29H30N4O4/c1-36-28(34)14-13-25(29(30)35)33-16-21-5-4-8-26(22(21)17-33)37-18-20-11-9-19(10-12-20)15-27-31-23-6-2-3-7-24(23)32-27/h2-12,25H,13-18H2,1H3,(H2,30,35)(H,31,32). The number of aromatic amines is 1. The summed E-state index contributed by atoms with van der Waals surface area (Å²) in [5.41, 5.74) is 12.1. The third kappa shape index (κ3) is 5.65. The lowest BCUT2D eigenvalue weighted by molar-refractivity contribution is -0.141. The first-order chi connectivity index (χ1) is 18.0. The quantitative estimate of drug-likeness (QED) is 0.321. The van der Waals surface area contributed by atoms with Crippen LogP contribution in [0.3, 0.4) is 0 Å². The number of nitrogens with two attached hydrogens (primary N) is 1. The molecule has 0 spiro atoms. The molecule has 8 nitrogen and oxygen atoms in total. The van der Waals surface area contributed by atoms with Gasteiger partial charge < -0.3 is 20.2 Å². The number of para-hydroxylation sites is 2. The van der Waals surface area contributed by atoms with Crippen LogP contribution < -0.4 is 10.5 Å². The average Bonchev–Trinajstić information content (AvgIpc) is 3.52. The second-order valence-corrected chi connectivity index (χ2v) is 9.31. The number of aromatic nitrogens is 2. The van der Waals surface area contributed by atoms with Crippen LogP contribution in [0.2, 0.25) is 0 Å². The van der Waals surface area contributed by atoms with Crippen molar-refractivity contribution < 1.29 is 19.1 Å². The number of methoxy groups -OCH3 is 1. The number of hydrogen-bond acceptors (Lipinski definition) is 6. The number of H-pyrrole nitrogens is 1. The van der Waals surface area contributed by atoms with Gasteiger partial charge in [0.1, 0.15) is 18.2 Å². The molecule has 1 atom stereocenters. The Hall–Kier alpha value is -4.17. The summed E-state index contributed by atoms with van der Waals surface area (Å²) in [5.74, 6) is 0.940. The number of primary amides is 1. The molecule has 3 N–H and O–H groups in total. The molecular weight excluding hydrogens is 468 g/mol. The number of amides is 1. The fraction of sp³-hybridized carbons (Fsp3) is 0.276. The van der Waals surface area contributed by atoms with Crippen molar-refractivity contribution in [3.63, 3.8) is 0 Å². The van der Waals surface area contributed by atoms with E-state index in [0.29, 0.717) is 26.1 Å². The Bertz CT molecular complexity index is 1380. The zero-order valence-corrected chi connectivity index (χ0v) is 20.8. The van der Waals surface area contributed by atoms with Gasteiger partial charge in [-0.25, -0.2) is 4.98 Å². The topological polar surface area (TPSA) is 111 Å². The van der Waals surface area contributed by atoms with Crippen LogP contribution in [0.25, 0.3) is 11.0 Å². The summed E-state index contributed by atoms with van der Waals surface area (Å²) in [6, 6.07) is 21.8. The maximum absolute atomic E-state index is 12.1. The number of carbonyl (C=O) groups is 2. The molecule has 1 amide bonds. The van der Waals surface area contributed by atoms with E-state index in [1.54, 1.807) is 0 Å². The molecule has 8 heteroatoms. The first-order valence-electron chi connectivity index (χ1n) is 12.4. The fourth-order valence-electron chi connectivity index (χ4n) is 4.83. The Morgan fingerprint density at radius 3 is 2.57 bits per heavy atom. The van der Waals surface area contributed by atoms with E-state index in [0.717, 1.165) is 45.7 Å². The monoisotopic (exact) mass is 498 g/mol. The highest BCUT2D eigenvalue weighted by Gasteiger charge is 2.31. The van der Waals surface area contributed by atoms with E-state index in [-0.39, 0.29) is 12.4 Å². The molecule has 4 aromatic rings. The molecule has 0 saturated heterocycles. The minimum absolute atomic E-state index is 0.145. The van der Waals surface area contributed by atoms with E-state index in [1.165, 1.54) is 12.7 Å². The molecule has 1 aliphatic heterocycles. The van der Waals surface area contributed by atoms with Gasteiger partial charge in [-0.1, -0.05) is 48.5 Å². The van der Waals surface area contributed by atoms with Gasteiger partial charge in [0.25, 0.3) is 0 Å². The normalized spacial score (nSPS) is 13.9. The van der Waals surface area contributed by atoms with Crippen LogP contribution in [0.5, 0.6) is 5.75 Å². The van der Waals surface area contributed by atoms with Gasteiger partial charge in [0, 0.05) is 31.5 Å². The molecule has 2 heterocycles. The van der Waals surface area contributed by atoms with Gasteiger partial charge in [0.15, 0.2) is 0 Å². The molecule has 1 aromatic heterocycles. The zero-order chi connectivity index (χ0) is 25.8. The fourth-order valence-corrected chi connectivity index (χ4v) is 4.83. The number of carbonyl (C=O) groups excluding carboxylic acids is 2. The van der Waals surface area contributed by atoms with Crippen LogP contribution in [0.1, 0.15) is 40.9 Å². The summed E-state index contributed by atoms with van der Waals surface area (Å²) in [6.45, 7) is 1.55. The molecule has 0 aliphatic carbocycles. The first kappa shape index (κ1) is 24.5. The van der Waals surface area contributed by atoms with Crippen LogP contribution in [0.4, 0.5) is 0 Å². The Morgan fingerprint density at radius 1 is 1.03 bits per heavy atom. The van der Waals surface area contributed by atoms with E-state index in [4.69, 9.17) is 15.2 Å². The van der Waals surface area contributed by atoms with Gasteiger partial charge in [0.05, 0.1) is 24.2 Å². The highest BCUT2D eigenvalue weighted by atomic mass is 16.5. The Morgan fingerprint density at radius 2 is 1.81 bits per heavy atom. The van der Waals surface area contributed by atoms with Gasteiger partial charge >= 0.3 is 5.97 Å². The van der Waals surface area contributed by atoms with Crippen molar-refractivity contribution in [1.82, 2.24) is 14.9 Å². The first-order valence-corrected chi connectivity index (χ1v) is 12.4. The van der Waals surface area contributed by atoms with E-state index in [9.17, 15) is 9.59 Å². The second kappa shape index (κ2) is 10.8. The molecule has 3 aromatic carbocycles. The van der Waals surface area contributed by atoms with Gasteiger partial charge in [-0.2, -0.15) is 0 Å². The number of hydrogen-bond donors (Lipinski definition) is 2. The Kier molecular flexibility index (Phi) is 7.18. The van der Waals surface area contributed by atoms with Gasteiger partial charge in [-0.05, 0) is 41.3 Å². The molecular formula is C29H30N4O4. The molecule has 190 valence electrons. The number of benzene rings is 3. The number of fused-ring (bicyclic) bond motifs is 2. The molecule has 1 aliphatic rings. The third-order valence-corrected chi connectivity index (χ3v) is 6.81. The van der Waals surface area contributed by atoms with E-state index < -0.39 is 11.9 Å². The van der Waals surface area contributed by atoms with E-state index in [1.807, 2.05) is 47.4 Å². The van der Waals surface area contributed by atoms with Crippen molar-refractivity contribution >= 4 is 22.9 Å². The molecule has 0 fully saturated rings. The van der Waals surface area contributed by atoms with Crippen LogP contribution in [0.15, 0.2) is 66.7 Å². The smallest absolute Gasteiger partial charge is 0.305 e. The van der Waals surface area contributed by atoms with Crippen molar-refractivity contribution in [2.75, 3.05) is 7.11 Å². The summed E-state index contributed by atoms with van der Waals surface area (Å²) in [4.78, 5) is 33.7. The average molecular weight is 499 g/mol. The predicted octanol–water partition coefficient (Wildman–Crippen LogP) is 3.86. The minimum Gasteiger partial charge on any atom is -0.489 e. The Labute approximate surface area is 215 Å². The van der Waals surface area contributed by atoms with Crippen LogP contribution in [0, 0.1) is 0 Å². The molecule has 37 heavy (non-hydrogen) atoms. The Balaban J connectivity index is 1.21. The number of nitrogens with zero attached hydrogens (tertiary/aromatic N) is 2. The number of rotatable bonds is 10. The summed E-state index contributed by atoms with van der Waals surface area (Å²) in [5, 5.41) is 0. The molecule has 1 unspecified atom stereocenters. The third-order valence-electron chi connectivity index (χ3n) is 6.81. The van der Waals surface area contributed by atoms with Crippen LogP contribution in [-0.4, -0.2) is 39.9 Å². The number of esters is 1. The van der Waals surface area contributed by atoms with Gasteiger partial charge in [-0.3, -0.25) is 14.5 Å². The van der Waals surface area contributed by atoms with E-state index in [2.05, 4.69) is 34.2 Å². The highest BCUT2D eigenvalue weighted by Crippen LogP contribution is 2.33. The molecule has 5 rings (SSSR count). The summed E-state index contributed by atoms with van der Waals surface area (Å²) >= 11 is 0. The lowest BCUT2D eigenvalue weighted by atomic mass is 10.1. The second-order valence-electron chi connectivity index (χ2n) is 9.31. The van der Waals surface area contributed by atoms with Crippen molar-refractivity contribution in [3.05, 3.63) is 94.8 Å². The van der Waals surface area contributed by atoms with Crippen molar-refractivity contribution in [3.8, 4) is 5.75 Å². The number of ether oxygens (including phenoxy) is 2.